The average Bonchev–Trinajstić information content (AvgIpc) is 2.21. The first-order chi connectivity index (χ1) is 7.44. The fraction of sp³-hybridized carbons (Fsp3) is 0.500. The smallest absolute Gasteiger partial charge is 0.147 e. The normalized spacial score (nSPS) is 11.6. The second kappa shape index (κ2) is 5.64. The van der Waals surface area contributed by atoms with Crippen LogP contribution in [0.2, 0.25) is 0 Å². The van der Waals surface area contributed by atoms with Gasteiger partial charge >= 0.3 is 0 Å². The number of halogens is 2. The fourth-order valence-electron chi connectivity index (χ4n) is 1.23. The summed E-state index contributed by atoms with van der Waals surface area (Å²) >= 11 is 3.22. The van der Waals surface area contributed by atoms with Gasteiger partial charge in [0.25, 0.3) is 0 Å². The number of hydrogen-bond donors (Lipinski definition) is 1. The van der Waals surface area contributed by atoms with Crippen molar-refractivity contribution in [1.82, 2.24) is 0 Å². The number of rotatable bonds is 5. The van der Waals surface area contributed by atoms with E-state index in [2.05, 4.69) is 21.2 Å². The summed E-state index contributed by atoms with van der Waals surface area (Å²) in [5, 5.41) is 3.05. The Morgan fingerprint density at radius 3 is 2.69 bits per heavy atom. The van der Waals surface area contributed by atoms with Gasteiger partial charge in [0, 0.05) is 18.1 Å². The predicted molar refractivity (Wildman–Crippen MR) is 68.3 cm³/mol. The Morgan fingerprint density at radius 1 is 1.44 bits per heavy atom. The van der Waals surface area contributed by atoms with Crippen LogP contribution in [0.4, 0.5) is 10.1 Å². The van der Waals surface area contributed by atoms with Gasteiger partial charge < -0.3 is 10.1 Å². The van der Waals surface area contributed by atoms with E-state index in [1.807, 2.05) is 19.9 Å². The van der Waals surface area contributed by atoms with Crippen LogP contribution in [0.5, 0.6) is 0 Å². The number of ether oxygens (including phenoxy) is 1. The third-order valence-electron chi connectivity index (χ3n) is 2.53. The molecule has 0 spiro atoms. The molecule has 2 nitrogen and oxygen atoms in total. The highest BCUT2D eigenvalue weighted by atomic mass is 79.9. The molecule has 0 aliphatic carbocycles. The highest BCUT2D eigenvalue weighted by Gasteiger charge is 2.15. The summed E-state index contributed by atoms with van der Waals surface area (Å²) in [6.07, 6.45) is 0.818. The van der Waals surface area contributed by atoms with E-state index in [-0.39, 0.29) is 11.4 Å². The van der Waals surface area contributed by atoms with Crippen LogP contribution in [0.3, 0.4) is 0 Å². The Hall–Kier alpha value is -0.610. The van der Waals surface area contributed by atoms with E-state index >= 15 is 0 Å². The van der Waals surface area contributed by atoms with Gasteiger partial charge in [0.2, 0.25) is 0 Å². The van der Waals surface area contributed by atoms with E-state index in [0.29, 0.717) is 12.2 Å². The molecule has 0 heterocycles. The zero-order chi connectivity index (χ0) is 12.2. The second-order valence-electron chi connectivity index (χ2n) is 4.26. The topological polar surface area (TPSA) is 21.3 Å². The summed E-state index contributed by atoms with van der Waals surface area (Å²) in [4.78, 5) is 0. The predicted octanol–water partition coefficient (Wildman–Crippen LogP) is 3.82. The Bertz CT molecular complexity index is 355. The molecule has 0 aliphatic heterocycles. The van der Waals surface area contributed by atoms with Gasteiger partial charge in [-0.15, -0.1) is 0 Å². The maximum absolute atomic E-state index is 13.4. The highest BCUT2D eigenvalue weighted by Crippen LogP contribution is 2.20. The first-order valence-electron chi connectivity index (χ1n) is 5.19. The van der Waals surface area contributed by atoms with Crippen molar-refractivity contribution in [2.45, 2.75) is 25.9 Å². The lowest BCUT2D eigenvalue weighted by Gasteiger charge is -2.23. The molecule has 0 fully saturated rings. The number of hydrogen-bond acceptors (Lipinski definition) is 2. The molecule has 0 aliphatic rings. The highest BCUT2D eigenvalue weighted by molar-refractivity contribution is 9.10. The summed E-state index contributed by atoms with van der Waals surface area (Å²) in [6.45, 7) is 4.69. The molecule has 1 aromatic carbocycles. The lowest BCUT2D eigenvalue weighted by molar-refractivity contribution is 0.0185. The minimum absolute atomic E-state index is 0.182. The van der Waals surface area contributed by atoms with Crippen LogP contribution in [-0.2, 0) is 4.74 Å². The van der Waals surface area contributed by atoms with Crippen molar-refractivity contribution in [3.8, 4) is 0 Å². The minimum Gasteiger partial charge on any atom is -0.383 e. The minimum atomic E-state index is -0.246. The van der Waals surface area contributed by atoms with E-state index < -0.39 is 0 Å². The molecule has 90 valence electrons. The third-order valence-corrected chi connectivity index (χ3v) is 3.02. The molecule has 0 atom stereocenters. The standard InChI is InChI=1S/C12H17BrFNO/c1-12(2,16-3)6-7-15-11-5-4-9(13)8-10(11)14/h4-5,8,15H,6-7H2,1-3H3. The summed E-state index contributed by atoms with van der Waals surface area (Å²) < 4.78 is 19.5. The third kappa shape index (κ3) is 4.10. The number of benzene rings is 1. The van der Waals surface area contributed by atoms with Gasteiger partial charge in [0.1, 0.15) is 5.82 Å². The van der Waals surface area contributed by atoms with Gasteiger partial charge in [-0.2, -0.15) is 0 Å². The zero-order valence-electron chi connectivity index (χ0n) is 9.81. The van der Waals surface area contributed by atoms with E-state index in [9.17, 15) is 4.39 Å². The number of methoxy groups -OCH3 is 1. The summed E-state index contributed by atoms with van der Waals surface area (Å²) in [7, 11) is 1.68. The first kappa shape index (κ1) is 13.5. The van der Waals surface area contributed by atoms with Crippen molar-refractivity contribution in [2.24, 2.45) is 0 Å². The Balaban J connectivity index is 2.49. The van der Waals surface area contributed by atoms with Crippen LogP contribution in [0.25, 0.3) is 0 Å². The van der Waals surface area contributed by atoms with Crippen LogP contribution in [0.1, 0.15) is 20.3 Å². The molecule has 0 radical (unpaired) electrons. The summed E-state index contributed by atoms with van der Waals surface area (Å²) in [5.74, 6) is -0.246. The molecule has 4 heteroatoms. The van der Waals surface area contributed by atoms with Crippen molar-refractivity contribution in [3.63, 3.8) is 0 Å². The van der Waals surface area contributed by atoms with E-state index in [4.69, 9.17) is 4.74 Å². The molecule has 0 unspecified atom stereocenters. The Kier molecular flexibility index (Phi) is 4.74. The van der Waals surface area contributed by atoms with Crippen LogP contribution in [0.15, 0.2) is 22.7 Å². The SMILES string of the molecule is COC(C)(C)CCNc1ccc(Br)cc1F. The van der Waals surface area contributed by atoms with Crippen LogP contribution < -0.4 is 5.32 Å². The quantitative estimate of drug-likeness (QED) is 0.890. The van der Waals surface area contributed by atoms with Crippen molar-refractivity contribution in [1.29, 1.82) is 0 Å². The van der Waals surface area contributed by atoms with Crippen LogP contribution in [-0.4, -0.2) is 19.3 Å². The van der Waals surface area contributed by atoms with Crippen LogP contribution >= 0.6 is 15.9 Å². The lowest BCUT2D eigenvalue weighted by atomic mass is 10.1. The van der Waals surface area contributed by atoms with Gasteiger partial charge in [0.15, 0.2) is 0 Å². The Labute approximate surface area is 104 Å². The molecular weight excluding hydrogens is 273 g/mol. The van der Waals surface area contributed by atoms with E-state index in [1.54, 1.807) is 13.2 Å². The summed E-state index contributed by atoms with van der Waals surface area (Å²) in [6, 6.07) is 4.98. The van der Waals surface area contributed by atoms with Gasteiger partial charge in [-0.3, -0.25) is 0 Å². The second-order valence-corrected chi connectivity index (χ2v) is 5.18. The maximum atomic E-state index is 13.4. The van der Waals surface area contributed by atoms with Gasteiger partial charge in [-0.25, -0.2) is 4.39 Å². The average molecular weight is 290 g/mol. The number of anilines is 1. The molecule has 0 amide bonds. The van der Waals surface area contributed by atoms with Crippen molar-refractivity contribution in [3.05, 3.63) is 28.5 Å². The van der Waals surface area contributed by atoms with Crippen molar-refractivity contribution >= 4 is 21.6 Å². The maximum Gasteiger partial charge on any atom is 0.147 e. The monoisotopic (exact) mass is 289 g/mol. The molecule has 1 N–H and O–H groups in total. The Morgan fingerprint density at radius 2 is 2.12 bits per heavy atom. The molecule has 16 heavy (non-hydrogen) atoms. The lowest BCUT2D eigenvalue weighted by Crippen LogP contribution is -2.25. The largest absolute Gasteiger partial charge is 0.383 e. The fourth-order valence-corrected chi connectivity index (χ4v) is 1.57. The van der Waals surface area contributed by atoms with Gasteiger partial charge in [-0.1, -0.05) is 15.9 Å². The first-order valence-corrected chi connectivity index (χ1v) is 5.98. The van der Waals surface area contributed by atoms with Crippen molar-refractivity contribution < 1.29 is 9.13 Å². The van der Waals surface area contributed by atoms with E-state index in [0.717, 1.165) is 10.9 Å². The van der Waals surface area contributed by atoms with Gasteiger partial charge in [-0.05, 0) is 38.5 Å². The number of nitrogens with one attached hydrogen (secondary N) is 1. The van der Waals surface area contributed by atoms with Crippen LogP contribution in [0, 0.1) is 5.82 Å². The molecular formula is C12H17BrFNO. The van der Waals surface area contributed by atoms with Crippen molar-refractivity contribution in [2.75, 3.05) is 19.0 Å². The molecule has 0 aromatic heterocycles. The zero-order valence-corrected chi connectivity index (χ0v) is 11.4. The van der Waals surface area contributed by atoms with Gasteiger partial charge in [0.05, 0.1) is 11.3 Å². The summed E-state index contributed by atoms with van der Waals surface area (Å²) in [5.41, 5.74) is 0.342. The molecule has 0 saturated carbocycles. The molecule has 1 aromatic rings. The molecule has 1 rings (SSSR count). The van der Waals surface area contributed by atoms with E-state index in [1.165, 1.54) is 6.07 Å². The molecule has 0 saturated heterocycles. The molecule has 0 bridgehead atoms.